The number of rotatable bonds is 4. The molecule has 1 amide bonds. The second kappa shape index (κ2) is 5.89. The number of aromatic nitrogens is 1. The van der Waals surface area contributed by atoms with E-state index in [1.54, 1.807) is 23.2 Å². The number of carbonyl (C=O) groups is 1. The summed E-state index contributed by atoms with van der Waals surface area (Å²) in [6.45, 7) is 7.31. The predicted octanol–water partition coefficient (Wildman–Crippen LogP) is 3.40. The molecule has 1 aliphatic heterocycles. The number of ether oxygens (including phenoxy) is 1. The lowest BCUT2D eigenvalue weighted by atomic mass is 10.0. The Kier molecular flexibility index (Phi) is 4.06. The molecule has 2 aromatic rings. The Hall–Kier alpha value is -2.01. The molecule has 5 heteroatoms. The summed E-state index contributed by atoms with van der Waals surface area (Å²) in [6, 6.07) is 6.14. The van der Waals surface area contributed by atoms with E-state index in [0.717, 1.165) is 6.42 Å². The van der Waals surface area contributed by atoms with Gasteiger partial charge in [-0.15, -0.1) is 0 Å². The maximum Gasteiger partial charge on any atom is 0.256 e. The zero-order valence-corrected chi connectivity index (χ0v) is 13.7. The van der Waals surface area contributed by atoms with Gasteiger partial charge in [0.15, 0.2) is 0 Å². The highest BCUT2D eigenvalue weighted by Crippen LogP contribution is 2.26. The number of hydrogen-bond donors (Lipinski definition) is 0. The van der Waals surface area contributed by atoms with Crippen molar-refractivity contribution in [3.63, 3.8) is 0 Å². The minimum atomic E-state index is -0.362. The monoisotopic (exact) mass is 316 g/mol. The van der Waals surface area contributed by atoms with Crippen LogP contribution in [0.5, 0.6) is 0 Å². The molecule has 0 N–H and O–H groups in total. The molecule has 0 radical (unpaired) electrons. The van der Waals surface area contributed by atoms with Crippen LogP contribution in [0.4, 0.5) is 4.39 Å². The van der Waals surface area contributed by atoms with Crippen LogP contribution < -0.4 is 0 Å². The summed E-state index contributed by atoms with van der Waals surface area (Å²) < 4.78 is 19.8. The van der Waals surface area contributed by atoms with E-state index in [0.29, 0.717) is 29.6 Å². The standard InChI is InChI=1S/C18H21FN2O2/c1-4-18(2,3)23-12-10-21(11-12)17(22)14-7-8-15(19)13-6-5-9-20-16(13)14/h5-9,12H,4,10-11H2,1-3H3. The molecule has 0 bridgehead atoms. The number of benzene rings is 1. The number of halogens is 1. The minimum Gasteiger partial charge on any atom is -0.369 e. The lowest BCUT2D eigenvalue weighted by Gasteiger charge is -2.42. The first-order valence-corrected chi connectivity index (χ1v) is 7.91. The van der Waals surface area contributed by atoms with E-state index in [1.807, 2.05) is 0 Å². The normalized spacial score (nSPS) is 15.7. The third-order valence-corrected chi connectivity index (χ3v) is 4.42. The second-order valence-electron chi connectivity index (χ2n) is 6.56. The summed E-state index contributed by atoms with van der Waals surface area (Å²) >= 11 is 0. The summed E-state index contributed by atoms with van der Waals surface area (Å²) in [4.78, 5) is 18.5. The molecular weight excluding hydrogens is 295 g/mol. The molecule has 2 heterocycles. The van der Waals surface area contributed by atoms with Crippen LogP contribution in [0.15, 0.2) is 30.5 Å². The number of nitrogens with zero attached hydrogens (tertiary/aromatic N) is 2. The molecule has 3 rings (SSSR count). The van der Waals surface area contributed by atoms with E-state index in [-0.39, 0.29) is 23.4 Å². The lowest BCUT2D eigenvalue weighted by molar-refractivity contribution is -0.122. The van der Waals surface area contributed by atoms with E-state index < -0.39 is 0 Å². The van der Waals surface area contributed by atoms with Gasteiger partial charge in [-0.1, -0.05) is 6.92 Å². The van der Waals surface area contributed by atoms with Crippen molar-refractivity contribution < 1.29 is 13.9 Å². The molecule has 1 aromatic carbocycles. The van der Waals surface area contributed by atoms with Gasteiger partial charge in [0, 0.05) is 24.7 Å². The summed E-state index contributed by atoms with van der Waals surface area (Å²) in [5.74, 6) is -0.484. The molecule has 0 atom stereocenters. The first kappa shape index (κ1) is 15.9. The number of fused-ring (bicyclic) bond motifs is 1. The molecule has 1 aliphatic rings. The van der Waals surface area contributed by atoms with Crippen LogP contribution in [-0.4, -0.2) is 40.6 Å². The van der Waals surface area contributed by atoms with E-state index >= 15 is 0 Å². The number of carbonyl (C=O) groups excluding carboxylic acids is 1. The lowest BCUT2D eigenvalue weighted by Crippen LogP contribution is -2.56. The van der Waals surface area contributed by atoms with Crippen molar-refractivity contribution in [3.8, 4) is 0 Å². The van der Waals surface area contributed by atoms with Crippen LogP contribution in [-0.2, 0) is 4.74 Å². The van der Waals surface area contributed by atoms with Gasteiger partial charge in [-0.3, -0.25) is 9.78 Å². The molecule has 1 fully saturated rings. The molecule has 0 aliphatic carbocycles. The fraction of sp³-hybridized carbons (Fsp3) is 0.444. The highest BCUT2D eigenvalue weighted by Gasteiger charge is 2.35. The Balaban J connectivity index is 1.75. The number of likely N-dealkylation sites (tertiary alicyclic amines) is 1. The Bertz CT molecular complexity index is 739. The van der Waals surface area contributed by atoms with E-state index in [2.05, 4.69) is 25.8 Å². The third-order valence-electron chi connectivity index (χ3n) is 4.42. The van der Waals surface area contributed by atoms with Gasteiger partial charge < -0.3 is 9.64 Å². The predicted molar refractivity (Wildman–Crippen MR) is 86.8 cm³/mol. The van der Waals surface area contributed by atoms with Gasteiger partial charge in [0.2, 0.25) is 0 Å². The van der Waals surface area contributed by atoms with E-state index in [1.165, 1.54) is 12.1 Å². The number of amides is 1. The van der Waals surface area contributed by atoms with E-state index in [4.69, 9.17) is 4.74 Å². The van der Waals surface area contributed by atoms with Crippen LogP contribution in [0.3, 0.4) is 0 Å². The number of hydrogen-bond acceptors (Lipinski definition) is 3. The maximum absolute atomic E-state index is 13.8. The van der Waals surface area contributed by atoms with Gasteiger partial charge in [0.25, 0.3) is 5.91 Å². The Labute approximate surface area is 135 Å². The second-order valence-corrected chi connectivity index (χ2v) is 6.56. The minimum absolute atomic E-state index is 0.0635. The van der Waals surface area contributed by atoms with Gasteiger partial charge >= 0.3 is 0 Å². The first-order valence-electron chi connectivity index (χ1n) is 7.91. The van der Waals surface area contributed by atoms with Gasteiger partial charge in [-0.25, -0.2) is 4.39 Å². The molecule has 23 heavy (non-hydrogen) atoms. The van der Waals surface area contributed by atoms with Crippen LogP contribution >= 0.6 is 0 Å². The van der Waals surface area contributed by atoms with Gasteiger partial charge in [-0.05, 0) is 44.5 Å². The van der Waals surface area contributed by atoms with Crippen LogP contribution in [0, 0.1) is 5.82 Å². The molecule has 0 unspecified atom stereocenters. The zero-order chi connectivity index (χ0) is 16.6. The van der Waals surface area contributed by atoms with Gasteiger partial charge in [0.05, 0.1) is 22.8 Å². The van der Waals surface area contributed by atoms with Gasteiger partial charge in [0.1, 0.15) is 5.82 Å². The van der Waals surface area contributed by atoms with Crippen LogP contribution in [0.2, 0.25) is 0 Å². The highest BCUT2D eigenvalue weighted by atomic mass is 19.1. The summed E-state index contributed by atoms with van der Waals surface area (Å²) in [6.07, 6.45) is 2.56. The van der Waals surface area contributed by atoms with Crippen molar-refractivity contribution in [2.75, 3.05) is 13.1 Å². The molecular formula is C18H21FN2O2. The number of pyridine rings is 1. The fourth-order valence-corrected chi connectivity index (χ4v) is 2.69. The third kappa shape index (κ3) is 3.06. The smallest absolute Gasteiger partial charge is 0.256 e. The van der Waals surface area contributed by atoms with Gasteiger partial charge in [-0.2, -0.15) is 0 Å². The summed E-state index contributed by atoms with van der Waals surface area (Å²) in [5, 5.41) is 0.374. The summed E-state index contributed by atoms with van der Waals surface area (Å²) in [5.41, 5.74) is 0.676. The first-order chi connectivity index (χ1) is 10.9. The maximum atomic E-state index is 13.8. The average molecular weight is 316 g/mol. The molecule has 1 saturated heterocycles. The van der Waals surface area contributed by atoms with Crippen molar-refractivity contribution in [1.82, 2.24) is 9.88 Å². The summed E-state index contributed by atoms with van der Waals surface area (Å²) in [7, 11) is 0. The van der Waals surface area contributed by atoms with Crippen LogP contribution in [0.1, 0.15) is 37.6 Å². The average Bonchev–Trinajstić information content (AvgIpc) is 2.51. The van der Waals surface area contributed by atoms with Crippen molar-refractivity contribution >= 4 is 16.8 Å². The Morgan fingerprint density at radius 1 is 1.39 bits per heavy atom. The fourth-order valence-electron chi connectivity index (χ4n) is 2.69. The largest absolute Gasteiger partial charge is 0.369 e. The van der Waals surface area contributed by atoms with Crippen molar-refractivity contribution in [2.45, 2.75) is 38.9 Å². The highest BCUT2D eigenvalue weighted by molar-refractivity contribution is 6.05. The zero-order valence-electron chi connectivity index (χ0n) is 13.7. The van der Waals surface area contributed by atoms with Crippen molar-refractivity contribution in [3.05, 3.63) is 41.8 Å². The molecule has 122 valence electrons. The van der Waals surface area contributed by atoms with Crippen molar-refractivity contribution in [2.24, 2.45) is 0 Å². The topological polar surface area (TPSA) is 42.4 Å². The SMILES string of the molecule is CCC(C)(C)OC1CN(C(=O)c2ccc(F)c3cccnc23)C1. The Morgan fingerprint density at radius 2 is 2.13 bits per heavy atom. The quantitative estimate of drug-likeness (QED) is 0.868. The molecule has 0 saturated carbocycles. The molecule has 1 aromatic heterocycles. The van der Waals surface area contributed by atoms with Crippen LogP contribution in [0.25, 0.3) is 10.9 Å². The molecule has 4 nitrogen and oxygen atoms in total. The van der Waals surface area contributed by atoms with Crippen molar-refractivity contribution in [1.29, 1.82) is 0 Å². The molecule has 0 spiro atoms. The Morgan fingerprint density at radius 3 is 2.83 bits per heavy atom. The van der Waals surface area contributed by atoms with E-state index in [9.17, 15) is 9.18 Å².